The number of nitrogens with zero attached hydrogens (tertiary/aromatic N) is 2. The van der Waals surface area contributed by atoms with E-state index in [1.54, 1.807) is 13.8 Å². The Labute approximate surface area is 290 Å². The number of phenols is 1. The minimum Gasteiger partial charge on any atom is -0.508 e. The fourth-order valence-electron chi connectivity index (χ4n) is 5.91. The number of phenolic OH excluding ortho intramolecular Hbond substituents is 1. The number of nitrogens with one attached hydrogen (secondary N) is 3. The lowest BCUT2D eigenvalue weighted by molar-refractivity contribution is -0.161. The number of aliphatic hydroxyl groups is 2. The average Bonchev–Trinajstić information content (AvgIpc) is 3.33. The van der Waals surface area contributed by atoms with Crippen molar-refractivity contribution in [2.75, 3.05) is 26.3 Å². The smallest absolute Gasteiger partial charge is 0.327 e. The zero-order chi connectivity index (χ0) is 36.5. The summed E-state index contributed by atoms with van der Waals surface area (Å²) in [5.74, 6) is -3.62. The number of β-lactam (4-membered cyclic amide) rings is 1. The maximum atomic E-state index is 13.6. The Balaban J connectivity index is 1.34. The number of carbonyl (C=O) groups excluding carboxylic acids is 3. The molecule has 7 N–H and O–H groups in total. The molecule has 5 rings (SSSR count). The molecule has 50 heavy (non-hydrogen) atoms. The molecule has 1 aromatic heterocycles. The Morgan fingerprint density at radius 2 is 1.60 bits per heavy atom. The maximum Gasteiger partial charge on any atom is 0.327 e. The van der Waals surface area contributed by atoms with Gasteiger partial charge in [-0.2, -0.15) is 4.31 Å². The van der Waals surface area contributed by atoms with Gasteiger partial charge in [0.1, 0.15) is 34.8 Å². The average molecular weight is 730 g/mol. The number of thioether (sulfide) groups is 1. The van der Waals surface area contributed by atoms with Gasteiger partial charge in [0.15, 0.2) is 0 Å². The Kier molecular flexibility index (Phi) is 10.4. The van der Waals surface area contributed by atoms with Crippen molar-refractivity contribution in [3.05, 3.63) is 82.1 Å². The van der Waals surface area contributed by atoms with Gasteiger partial charge >= 0.3 is 5.97 Å². The highest BCUT2D eigenvalue weighted by Gasteiger charge is 2.64. The van der Waals surface area contributed by atoms with E-state index in [0.717, 1.165) is 4.31 Å². The Morgan fingerprint density at radius 1 is 0.980 bits per heavy atom. The number of rotatable bonds is 13. The van der Waals surface area contributed by atoms with Crippen LogP contribution in [0.4, 0.5) is 0 Å². The third-order valence-electron chi connectivity index (χ3n) is 8.39. The van der Waals surface area contributed by atoms with Crippen LogP contribution in [0.25, 0.3) is 11.3 Å². The zero-order valence-electron chi connectivity index (χ0n) is 26.8. The molecular weight excluding hydrogens is 695 g/mol. The van der Waals surface area contributed by atoms with Gasteiger partial charge in [0.05, 0.1) is 18.1 Å². The van der Waals surface area contributed by atoms with Crippen molar-refractivity contribution in [2.45, 2.75) is 47.0 Å². The van der Waals surface area contributed by atoms with Crippen LogP contribution in [0.2, 0.25) is 0 Å². The number of carboxylic acids is 1. The minimum atomic E-state index is -4.02. The minimum absolute atomic E-state index is 0.103. The molecule has 2 aliphatic heterocycles. The molecule has 3 amide bonds. The monoisotopic (exact) mass is 729 g/mol. The molecule has 4 atom stereocenters. The molecule has 2 aromatic carbocycles. The number of hydrogen-bond donors (Lipinski definition) is 7. The number of aromatic amines is 1. The number of aliphatic hydroxyl groups excluding tert-OH is 2. The summed E-state index contributed by atoms with van der Waals surface area (Å²) < 4.78 is 25.9. The summed E-state index contributed by atoms with van der Waals surface area (Å²) in [5.41, 5.74) is -0.318. The Morgan fingerprint density at radius 3 is 2.16 bits per heavy atom. The highest BCUT2D eigenvalue weighted by Crippen LogP contribution is 2.50. The van der Waals surface area contributed by atoms with Gasteiger partial charge in [0, 0.05) is 23.5 Å². The molecule has 0 bridgehead atoms. The van der Waals surface area contributed by atoms with Crippen molar-refractivity contribution in [2.24, 2.45) is 0 Å². The molecule has 0 aliphatic carbocycles. The lowest BCUT2D eigenvalue weighted by atomic mass is 9.95. The molecule has 2 fully saturated rings. The van der Waals surface area contributed by atoms with Crippen LogP contribution in [-0.2, 0) is 24.4 Å². The van der Waals surface area contributed by atoms with Crippen molar-refractivity contribution < 1.29 is 48.0 Å². The predicted octanol–water partition coefficient (Wildman–Crippen LogP) is -0.174. The van der Waals surface area contributed by atoms with E-state index < -0.39 is 80.7 Å². The third-order valence-corrected chi connectivity index (χ3v) is 11.9. The van der Waals surface area contributed by atoms with Crippen molar-refractivity contribution in [1.29, 1.82) is 0 Å². The lowest BCUT2D eigenvalue weighted by Crippen LogP contribution is -2.71. The third kappa shape index (κ3) is 6.97. The van der Waals surface area contributed by atoms with Crippen LogP contribution >= 0.6 is 11.8 Å². The SMILES string of the molecule is CC1(C)S[C@H]2[C@@H](NC(=O)[C@H](NC(=O)c3ccc(-c4ccc(S(=O)(=O)N(CCO)CCO)cc4)[nH]c3=O)c3ccc(O)cc3)C(=O)N2[C@H]1C(=O)O. The molecule has 18 heteroatoms. The van der Waals surface area contributed by atoms with E-state index in [1.807, 2.05) is 0 Å². The molecule has 266 valence electrons. The second-order valence-electron chi connectivity index (χ2n) is 12.1. The summed E-state index contributed by atoms with van der Waals surface area (Å²) in [4.78, 5) is 68.6. The number of carbonyl (C=O) groups is 4. The molecule has 2 aliphatic rings. The fourth-order valence-corrected chi connectivity index (χ4v) is 8.96. The molecule has 3 heterocycles. The topological polar surface area (TPSA) is 247 Å². The number of carboxylic acid groups (broad SMARTS) is 1. The van der Waals surface area contributed by atoms with Gasteiger partial charge in [-0.25, -0.2) is 13.2 Å². The first-order valence-corrected chi connectivity index (χ1v) is 17.6. The molecule has 0 spiro atoms. The lowest BCUT2D eigenvalue weighted by Gasteiger charge is -2.44. The van der Waals surface area contributed by atoms with Crippen molar-refractivity contribution in [3.8, 4) is 17.0 Å². The summed E-state index contributed by atoms with van der Waals surface area (Å²) in [5, 5.41) is 42.4. The van der Waals surface area contributed by atoms with E-state index in [0.29, 0.717) is 5.56 Å². The highest BCUT2D eigenvalue weighted by atomic mass is 32.2. The molecule has 0 saturated carbocycles. The molecule has 16 nitrogen and oxygen atoms in total. The zero-order valence-corrected chi connectivity index (χ0v) is 28.4. The largest absolute Gasteiger partial charge is 0.508 e. The number of aromatic hydroxyl groups is 1. The van der Waals surface area contributed by atoms with Gasteiger partial charge in [0.2, 0.25) is 21.8 Å². The number of pyridine rings is 1. The predicted molar refractivity (Wildman–Crippen MR) is 179 cm³/mol. The Bertz CT molecular complexity index is 1960. The second-order valence-corrected chi connectivity index (χ2v) is 15.8. The molecule has 0 radical (unpaired) electrons. The number of benzene rings is 2. The summed E-state index contributed by atoms with van der Waals surface area (Å²) in [6.45, 7) is 2.09. The first kappa shape index (κ1) is 36.5. The number of amides is 3. The summed E-state index contributed by atoms with van der Waals surface area (Å²) >= 11 is 1.23. The van der Waals surface area contributed by atoms with Gasteiger partial charge in [-0.3, -0.25) is 19.2 Å². The summed E-state index contributed by atoms with van der Waals surface area (Å²) in [7, 11) is -4.02. The number of hydrogen-bond acceptors (Lipinski definition) is 11. The molecule has 3 aromatic rings. The van der Waals surface area contributed by atoms with E-state index in [9.17, 15) is 52.8 Å². The molecular formula is C32H35N5O11S2. The van der Waals surface area contributed by atoms with E-state index in [2.05, 4.69) is 15.6 Å². The van der Waals surface area contributed by atoms with Gasteiger partial charge in [-0.1, -0.05) is 24.3 Å². The van der Waals surface area contributed by atoms with Crippen molar-refractivity contribution in [3.63, 3.8) is 0 Å². The Hall–Kier alpha value is -4.75. The van der Waals surface area contributed by atoms with Crippen LogP contribution in [0.1, 0.15) is 35.8 Å². The highest BCUT2D eigenvalue weighted by molar-refractivity contribution is 8.01. The quantitative estimate of drug-likeness (QED) is 0.113. The standard InChI is InChI=1S/C32H35N5O11S2/c1-32(2)25(31(45)46)37-29(44)24(30(37)49-32)35-28(43)23(18-3-7-19(40)8-4-18)34-27(42)21-11-12-22(33-26(21)41)17-5-9-20(10-6-17)50(47,48)36(13-15-38)14-16-39/h3-12,23-25,30,38-40H,13-16H2,1-2H3,(H,33,41)(H,34,42)(H,35,43)(H,45,46)/t23-,24+,25+,30+/m1/s1. The van der Waals surface area contributed by atoms with Gasteiger partial charge in [-0.05, 0) is 61.4 Å². The molecule has 2 saturated heterocycles. The first-order valence-electron chi connectivity index (χ1n) is 15.3. The van der Waals surface area contributed by atoms with Crippen LogP contribution in [0.15, 0.2) is 70.4 Å². The van der Waals surface area contributed by atoms with Gasteiger partial charge in [0.25, 0.3) is 11.5 Å². The van der Waals surface area contributed by atoms with E-state index in [1.165, 1.54) is 77.3 Å². The van der Waals surface area contributed by atoms with E-state index >= 15 is 0 Å². The number of aliphatic carboxylic acids is 1. The van der Waals surface area contributed by atoms with Crippen LogP contribution < -0.4 is 16.2 Å². The van der Waals surface area contributed by atoms with Crippen LogP contribution in [0.3, 0.4) is 0 Å². The number of H-pyrrole nitrogens is 1. The maximum absolute atomic E-state index is 13.6. The second kappa shape index (κ2) is 14.2. The normalized spacial score (nSPS) is 20.1. The molecule has 0 unspecified atom stereocenters. The van der Waals surface area contributed by atoms with Crippen LogP contribution in [0.5, 0.6) is 5.75 Å². The summed E-state index contributed by atoms with van der Waals surface area (Å²) in [6.07, 6.45) is 0. The number of sulfonamides is 1. The van der Waals surface area contributed by atoms with Crippen molar-refractivity contribution >= 4 is 45.5 Å². The number of aromatic nitrogens is 1. The van der Waals surface area contributed by atoms with E-state index in [4.69, 9.17) is 0 Å². The van der Waals surface area contributed by atoms with Gasteiger partial charge < -0.3 is 40.9 Å². The van der Waals surface area contributed by atoms with Crippen molar-refractivity contribution in [1.82, 2.24) is 24.8 Å². The van der Waals surface area contributed by atoms with E-state index in [-0.39, 0.29) is 40.6 Å². The van der Waals surface area contributed by atoms with Crippen LogP contribution in [0, 0.1) is 0 Å². The fraction of sp³-hybridized carbons (Fsp3) is 0.344. The number of fused-ring (bicyclic) bond motifs is 1. The first-order chi connectivity index (χ1) is 23.6. The summed E-state index contributed by atoms with van der Waals surface area (Å²) in [6, 6.07) is 9.86. The van der Waals surface area contributed by atoms with Gasteiger partial charge in [-0.15, -0.1) is 11.8 Å². The van der Waals surface area contributed by atoms with Crippen LogP contribution in [-0.4, -0.2) is 115 Å².